The van der Waals surface area contributed by atoms with E-state index in [4.69, 9.17) is 0 Å². The molecule has 2 heterocycles. The summed E-state index contributed by atoms with van der Waals surface area (Å²) in [5, 5.41) is 2.96. The largest absolute Gasteiger partial charge is 0.353 e. The smallest absolute Gasteiger partial charge is 0.245 e. The van der Waals surface area contributed by atoms with Crippen molar-refractivity contribution < 1.29 is 13.2 Å². The molecule has 136 valence electrons. The number of nitrogens with one attached hydrogen (secondary N) is 1. The van der Waals surface area contributed by atoms with Crippen LogP contribution >= 0.6 is 11.7 Å². The van der Waals surface area contributed by atoms with Crippen LogP contribution in [0.5, 0.6) is 0 Å². The van der Waals surface area contributed by atoms with Gasteiger partial charge in [-0.1, -0.05) is 13.0 Å². The average Bonchev–Trinajstić information content (AvgIpc) is 3.10. The molecule has 2 atom stereocenters. The molecule has 0 radical (unpaired) electrons. The molecule has 0 unspecified atom stereocenters. The minimum absolute atomic E-state index is 0.0669. The summed E-state index contributed by atoms with van der Waals surface area (Å²) in [5.74, 6) is -0.381. The maximum atomic E-state index is 13.1. The molecule has 1 N–H and O–H groups in total. The van der Waals surface area contributed by atoms with E-state index in [-0.39, 0.29) is 29.3 Å². The number of benzene rings is 1. The number of carbonyl (C=O) groups excluding carboxylic acids is 1. The lowest BCUT2D eigenvalue weighted by molar-refractivity contribution is -0.126. The van der Waals surface area contributed by atoms with Gasteiger partial charge >= 0.3 is 0 Å². The molecule has 1 aromatic carbocycles. The number of nitrogens with zero attached hydrogens (tertiary/aromatic N) is 3. The molecule has 1 aromatic heterocycles. The van der Waals surface area contributed by atoms with E-state index in [0.717, 1.165) is 18.1 Å². The Morgan fingerprint density at radius 2 is 2.24 bits per heavy atom. The Hall–Kier alpha value is -1.58. The SMILES string of the molecule is CC[C@@H](C)NC(=O)[C@@H]1CCCN(S(=O)(=O)c2cccc3nsnc23)C1. The predicted octanol–water partition coefficient (Wildman–Crippen LogP) is 2.01. The highest BCUT2D eigenvalue weighted by Gasteiger charge is 2.34. The molecule has 9 heteroatoms. The van der Waals surface area contributed by atoms with Gasteiger partial charge in [0.1, 0.15) is 15.9 Å². The van der Waals surface area contributed by atoms with Crippen LogP contribution in [0.2, 0.25) is 0 Å². The minimum atomic E-state index is -3.70. The lowest BCUT2D eigenvalue weighted by Gasteiger charge is -2.31. The van der Waals surface area contributed by atoms with E-state index in [1.807, 2.05) is 13.8 Å². The number of piperidine rings is 1. The first-order valence-corrected chi connectivity index (χ1v) is 10.6. The molecule has 1 aliphatic heterocycles. The summed E-state index contributed by atoms with van der Waals surface area (Å²) in [5.41, 5.74) is 0.979. The fourth-order valence-electron chi connectivity index (χ4n) is 2.97. The molecule has 1 saturated heterocycles. The van der Waals surface area contributed by atoms with Gasteiger partial charge in [-0.3, -0.25) is 4.79 Å². The zero-order valence-electron chi connectivity index (χ0n) is 14.3. The van der Waals surface area contributed by atoms with Gasteiger partial charge in [0, 0.05) is 19.1 Å². The van der Waals surface area contributed by atoms with E-state index in [1.165, 1.54) is 4.31 Å². The molecule has 7 nitrogen and oxygen atoms in total. The van der Waals surface area contributed by atoms with Gasteiger partial charge in [-0.05, 0) is 38.3 Å². The number of amides is 1. The second kappa shape index (κ2) is 7.35. The summed E-state index contributed by atoms with van der Waals surface area (Å²) in [6, 6.07) is 5.07. The molecule has 1 amide bonds. The lowest BCUT2D eigenvalue weighted by Crippen LogP contribution is -2.47. The number of rotatable bonds is 5. The molecular weight excluding hydrogens is 360 g/mol. The van der Waals surface area contributed by atoms with Crippen LogP contribution in [0.4, 0.5) is 0 Å². The van der Waals surface area contributed by atoms with Crippen LogP contribution in [0, 0.1) is 5.92 Å². The second-order valence-electron chi connectivity index (χ2n) is 6.41. The van der Waals surface area contributed by atoms with Crippen molar-refractivity contribution in [1.82, 2.24) is 18.4 Å². The molecule has 25 heavy (non-hydrogen) atoms. The molecule has 0 spiro atoms. The summed E-state index contributed by atoms with van der Waals surface area (Å²) in [6.07, 6.45) is 2.22. The van der Waals surface area contributed by atoms with E-state index in [1.54, 1.807) is 18.2 Å². The normalized spacial score (nSPS) is 20.5. The van der Waals surface area contributed by atoms with Crippen molar-refractivity contribution in [1.29, 1.82) is 0 Å². The number of aromatic nitrogens is 2. The zero-order chi connectivity index (χ0) is 18.0. The molecule has 2 aromatic rings. The van der Waals surface area contributed by atoms with Crippen LogP contribution in [0.1, 0.15) is 33.1 Å². The highest BCUT2D eigenvalue weighted by Crippen LogP contribution is 2.28. The van der Waals surface area contributed by atoms with Crippen LogP contribution in [0.25, 0.3) is 11.0 Å². The van der Waals surface area contributed by atoms with E-state index in [9.17, 15) is 13.2 Å². The van der Waals surface area contributed by atoms with Crippen LogP contribution in [0.3, 0.4) is 0 Å². The Kier molecular flexibility index (Phi) is 5.35. The van der Waals surface area contributed by atoms with E-state index in [2.05, 4.69) is 14.1 Å². The number of hydrogen-bond donors (Lipinski definition) is 1. The highest BCUT2D eigenvalue weighted by molar-refractivity contribution is 7.89. The third-order valence-electron chi connectivity index (χ3n) is 4.62. The zero-order valence-corrected chi connectivity index (χ0v) is 15.9. The molecule has 0 bridgehead atoms. The quantitative estimate of drug-likeness (QED) is 0.854. The molecular formula is C16H22N4O3S2. The molecule has 0 saturated carbocycles. The maximum absolute atomic E-state index is 13.1. The number of sulfonamides is 1. The number of fused-ring (bicyclic) bond motifs is 1. The van der Waals surface area contributed by atoms with Gasteiger partial charge in [-0.2, -0.15) is 13.1 Å². The van der Waals surface area contributed by atoms with Gasteiger partial charge in [0.2, 0.25) is 15.9 Å². The average molecular weight is 383 g/mol. The van der Waals surface area contributed by atoms with Crippen molar-refractivity contribution in [3.8, 4) is 0 Å². The van der Waals surface area contributed by atoms with E-state index in [0.29, 0.717) is 30.4 Å². The van der Waals surface area contributed by atoms with E-state index < -0.39 is 10.0 Å². The summed E-state index contributed by atoms with van der Waals surface area (Å²) in [4.78, 5) is 12.6. The summed E-state index contributed by atoms with van der Waals surface area (Å²) in [6.45, 7) is 4.58. The van der Waals surface area contributed by atoms with E-state index >= 15 is 0 Å². The molecule has 0 aliphatic carbocycles. The van der Waals surface area contributed by atoms with Gasteiger partial charge in [0.15, 0.2) is 0 Å². The Balaban J connectivity index is 1.83. The standard InChI is InChI=1S/C16H22N4O3S2/c1-3-11(2)17-16(21)12-6-5-9-20(10-12)25(22,23)14-8-4-7-13-15(14)19-24-18-13/h4,7-8,11-12H,3,5-6,9-10H2,1-2H3,(H,17,21)/t11-,12-/m1/s1. The Bertz CT molecular complexity index is 865. The summed E-state index contributed by atoms with van der Waals surface area (Å²) < 4.78 is 35.8. The molecule has 1 fully saturated rings. The predicted molar refractivity (Wildman–Crippen MR) is 96.8 cm³/mol. The van der Waals surface area contributed by atoms with Crippen molar-refractivity contribution in [3.05, 3.63) is 18.2 Å². The Labute approximate surface area is 151 Å². The van der Waals surface area contributed by atoms with Gasteiger partial charge in [-0.25, -0.2) is 8.42 Å². The monoisotopic (exact) mass is 382 g/mol. The number of hydrogen-bond acceptors (Lipinski definition) is 6. The first-order valence-electron chi connectivity index (χ1n) is 8.45. The maximum Gasteiger partial charge on any atom is 0.245 e. The first kappa shape index (κ1) is 18.2. The Morgan fingerprint density at radius 3 is 3.00 bits per heavy atom. The van der Waals surface area contributed by atoms with Crippen molar-refractivity contribution in [2.75, 3.05) is 13.1 Å². The molecule has 1 aliphatic rings. The van der Waals surface area contributed by atoms with Crippen LogP contribution in [-0.4, -0.2) is 46.5 Å². The third-order valence-corrected chi connectivity index (χ3v) is 7.06. The van der Waals surface area contributed by atoms with Gasteiger partial charge in [0.05, 0.1) is 17.6 Å². The van der Waals surface area contributed by atoms with Crippen molar-refractivity contribution >= 4 is 38.7 Å². The van der Waals surface area contributed by atoms with Gasteiger partial charge < -0.3 is 5.32 Å². The summed E-state index contributed by atoms with van der Waals surface area (Å²) in [7, 11) is -3.70. The van der Waals surface area contributed by atoms with Crippen molar-refractivity contribution in [3.63, 3.8) is 0 Å². The highest BCUT2D eigenvalue weighted by atomic mass is 32.2. The van der Waals surface area contributed by atoms with Crippen molar-refractivity contribution in [2.24, 2.45) is 5.92 Å². The number of carbonyl (C=O) groups is 1. The topological polar surface area (TPSA) is 92.3 Å². The summed E-state index contributed by atoms with van der Waals surface area (Å²) >= 11 is 0.997. The van der Waals surface area contributed by atoms with Crippen molar-refractivity contribution in [2.45, 2.75) is 44.0 Å². The minimum Gasteiger partial charge on any atom is -0.353 e. The van der Waals surface area contributed by atoms with Gasteiger partial charge in [-0.15, -0.1) is 0 Å². The van der Waals surface area contributed by atoms with Crippen LogP contribution in [-0.2, 0) is 14.8 Å². The van der Waals surface area contributed by atoms with Gasteiger partial charge in [0.25, 0.3) is 0 Å². The first-order chi connectivity index (χ1) is 11.9. The Morgan fingerprint density at radius 1 is 1.44 bits per heavy atom. The second-order valence-corrected chi connectivity index (χ2v) is 8.84. The van der Waals surface area contributed by atoms with Crippen LogP contribution < -0.4 is 5.32 Å². The third kappa shape index (κ3) is 3.68. The lowest BCUT2D eigenvalue weighted by atomic mass is 9.98. The fourth-order valence-corrected chi connectivity index (χ4v) is 5.24. The fraction of sp³-hybridized carbons (Fsp3) is 0.562. The molecule has 3 rings (SSSR count). The van der Waals surface area contributed by atoms with Crippen LogP contribution in [0.15, 0.2) is 23.1 Å².